The SMILES string of the molecule is OC(CCl)C12CC3CC(CC(C3)C1)C2. The molecule has 0 aromatic rings. The highest BCUT2D eigenvalue weighted by Crippen LogP contribution is 2.61. The van der Waals surface area contributed by atoms with E-state index in [2.05, 4.69) is 0 Å². The third-order valence-electron chi connectivity index (χ3n) is 4.94. The van der Waals surface area contributed by atoms with Crippen LogP contribution in [-0.4, -0.2) is 17.1 Å². The molecule has 4 aliphatic carbocycles. The van der Waals surface area contributed by atoms with Crippen LogP contribution in [-0.2, 0) is 0 Å². The molecule has 0 aromatic carbocycles. The van der Waals surface area contributed by atoms with Crippen LogP contribution in [0.2, 0.25) is 0 Å². The lowest BCUT2D eigenvalue weighted by atomic mass is 9.48. The lowest BCUT2D eigenvalue weighted by molar-refractivity contribution is -0.112. The minimum atomic E-state index is -0.238. The number of aliphatic hydroxyl groups is 1. The van der Waals surface area contributed by atoms with Gasteiger partial charge in [-0.1, -0.05) is 0 Å². The fourth-order valence-electron chi connectivity index (χ4n) is 4.75. The quantitative estimate of drug-likeness (QED) is 0.701. The van der Waals surface area contributed by atoms with Gasteiger partial charge in [0, 0.05) is 5.88 Å². The molecule has 0 heterocycles. The minimum Gasteiger partial charge on any atom is -0.391 e. The van der Waals surface area contributed by atoms with Crippen molar-refractivity contribution in [2.45, 2.75) is 44.6 Å². The van der Waals surface area contributed by atoms with E-state index in [1.165, 1.54) is 38.5 Å². The highest BCUT2D eigenvalue weighted by Gasteiger charge is 2.53. The van der Waals surface area contributed by atoms with Gasteiger partial charge in [-0.3, -0.25) is 0 Å². The Morgan fingerprint density at radius 3 is 1.86 bits per heavy atom. The average molecular weight is 215 g/mol. The Bertz CT molecular complexity index is 203. The summed E-state index contributed by atoms with van der Waals surface area (Å²) in [5.41, 5.74) is 0.233. The summed E-state index contributed by atoms with van der Waals surface area (Å²) >= 11 is 5.84. The van der Waals surface area contributed by atoms with Crippen LogP contribution in [0, 0.1) is 23.2 Å². The van der Waals surface area contributed by atoms with Crippen molar-refractivity contribution >= 4 is 11.6 Å². The molecule has 0 amide bonds. The highest BCUT2D eigenvalue weighted by molar-refractivity contribution is 6.18. The lowest BCUT2D eigenvalue weighted by Gasteiger charge is -2.58. The first-order chi connectivity index (χ1) is 6.72. The van der Waals surface area contributed by atoms with Gasteiger partial charge < -0.3 is 5.11 Å². The highest BCUT2D eigenvalue weighted by atomic mass is 35.5. The van der Waals surface area contributed by atoms with Crippen LogP contribution >= 0.6 is 11.6 Å². The first-order valence-corrected chi connectivity index (χ1v) is 6.49. The standard InChI is InChI=1S/C12H19ClO/c13-7-11(14)12-4-8-1-9(5-12)3-10(2-8)6-12/h8-11,14H,1-7H2. The number of alkyl halides is 1. The molecule has 1 unspecified atom stereocenters. The molecule has 4 saturated carbocycles. The number of rotatable bonds is 2. The largest absolute Gasteiger partial charge is 0.391 e. The van der Waals surface area contributed by atoms with Crippen molar-refractivity contribution in [1.29, 1.82) is 0 Å². The third-order valence-corrected chi connectivity index (χ3v) is 5.23. The van der Waals surface area contributed by atoms with Gasteiger partial charge >= 0.3 is 0 Å². The second-order valence-corrected chi connectivity index (χ2v) is 6.26. The molecular weight excluding hydrogens is 196 g/mol. The summed E-state index contributed by atoms with van der Waals surface area (Å²) in [5.74, 6) is 3.18. The molecule has 4 fully saturated rings. The van der Waals surface area contributed by atoms with E-state index in [4.69, 9.17) is 11.6 Å². The van der Waals surface area contributed by atoms with Crippen LogP contribution < -0.4 is 0 Å². The first-order valence-electron chi connectivity index (χ1n) is 5.96. The topological polar surface area (TPSA) is 20.2 Å². The van der Waals surface area contributed by atoms with Crippen LogP contribution in [0.3, 0.4) is 0 Å². The molecule has 1 atom stereocenters. The molecule has 4 aliphatic rings. The fraction of sp³-hybridized carbons (Fsp3) is 1.00. The van der Waals surface area contributed by atoms with E-state index in [9.17, 15) is 5.11 Å². The summed E-state index contributed by atoms with van der Waals surface area (Å²) in [5, 5.41) is 10.1. The minimum absolute atomic E-state index is 0.233. The number of hydrogen-bond acceptors (Lipinski definition) is 1. The van der Waals surface area contributed by atoms with Crippen LogP contribution in [0.1, 0.15) is 38.5 Å². The molecule has 0 radical (unpaired) electrons. The van der Waals surface area contributed by atoms with E-state index >= 15 is 0 Å². The van der Waals surface area contributed by atoms with Gasteiger partial charge in [-0.05, 0) is 61.7 Å². The van der Waals surface area contributed by atoms with Crippen molar-refractivity contribution < 1.29 is 5.11 Å². The Kier molecular flexibility index (Phi) is 2.11. The van der Waals surface area contributed by atoms with Gasteiger partial charge in [0.15, 0.2) is 0 Å². The van der Waals surface area contributed by atoms with E-state index in [-0.39, 0.29) is 11.5 Å². The zero-order valence-electron chi connectivity index (χ0n) is 8.58. The second-order valence-electron chi connectivity index (χ2n) is 5.95. The van der Waals surface area contributed by atoms with Gasteiger partial charge in [-0.2, -0.15) is 0 Å². The Labute approximate surface area is 90.8 Å². The normalized spacial score (nSPS) is 52.3. The predicted octanol–water partition coefficient (Wildman–Crippen LogP) is 2.80. The van der Waals surface area contributed by atoms with Crippen LogP contribution in [0.5, 0.6) is 0 Å². The fourth-order valence-corrected chi connectivity index (χ4v) is 5.08. The Morgan fingerprint density at radius 2 is 1.50 bits per heavy atom. The van der Waals surface area contributed by atoms with Crippen LogP contribution in [0.15, 0.2) is 0 Å². The molecule has 4 bridgehead atoms. The Hall–Kier alpha value is 0.250. The van der Waals surface area contributed by atoms with Gasteiger partial charge in [-0.25, -0.2) is 0 Å². The number of halogens is 1. The second kappa shape index (κ2) is 3.12. The van der Waals surface area contributed by atoms with Crippen molar-refractivity contribution in [1.82, 2.24) is 0 Å². The molecule has 1 nitrogen and oxygen atoms in total. The number of hydrogen-bond donors (Lipinski definition) is 1. The number of aliphatic hydroxyl groups excluding tert-OH is 1. The summed E-state index contributed by atoms with van der Waals surface area (Å²) in [6, 6.07) is 0. The Morgan fingerprint density at radius 1 is 1.07 bits per heavy atom. The summed E-state index contributed by atoms with van der Waals surface area (Å²) in [4.78, 5) is 0. The molecule has 14 heavy (non-hydrogen) atoms. The average Bonchev–Trinajstić information content (AvgIpc) is 2.14. The first kappa shape index (κ1) is 9.47. The monoisotopic (exact) mass is 214 g/mol. The van der Waals surface area contributed by atoms with Crippen LogP contribution in [0.25, 0.3) is 0 Å². The van der Waals surface area contributed by atoms with E-state index in [0.29, 0.717) is 5.88 Å². The summed E-state index contributed by atoms with van der Waals surface area (Å²) in [7, 11) is 0. The Balaban J connectivity index is 1.87. The maximum Gasteiger partial charge on any atom is 0.0731 e. The summed E-state index contributed by atoms with van der Waals surface area (Å²) < 4.78 is 0. The van der Waals surface area contributed by atoms with E-state index in [1.54, 1.807) is 0 Å². The maximum atomic E-state index is 10.1. The van der Waals surface area contributed by atoms with Gasteiger partial charge in [0.25, 0.3) is 0 Å². The molecule has 2 heteroatoms. The molecule has 1 N–H and O–H groups in total. The zero-order valence-corrected chi connectivity index (χ0v) is 9.34. The van der Waals surface area contributed by atoms with Crippen molar-refractivity contribution in [2.24, 2.45) is 23.2 Å². The molecular formula is C12H19ClO. The zero-order chi connectivity index (χ0) is 9.76. The maximum absolute atomic E-state index is 10.1. The van der Waals surface area contributed by atoms with E-state index < -0.39 is 0 Å². The third kappa shape index (κ3) is 1.25. The van der Waals surface area contributed by atoms with E-state index in [0.717, 1.165) is 17.8 Å². The summed E-state index contributed by atoms with van der Waals surface area (Å²) in [6.07, 6.45) is 7.85. The molecule has 80 valence electrons. The van der Waals surface area contributed by atoms with Crippen molar-refractivity contribution in [3.63, 3.8) is 0 Å². The van der Waals surface area contributed by atoms with Gasteiger partial charge in [0.1, 0.15) is 0 Å². The van der Waals surface area contributed by atoms with Crippen molar-refractivity contribution in [3.8, 4) is 0 Å². The van der Waals surface area contributed by atoms with Gasteiger partial charge in [0.05, 0.1) is 6.10 Å². The van der Waals surface area contributed by atoms with Gasteiger partial charge in [0.2, 0.25) is 0 Å². The smallest absolute Gasteiger partial charge is 0.0731 e. The summed E-state index contributed by atoms with van der Waals surface area (Å²) in [6.45, 7) is 0. The lowest BCUT2D eigenvalue weighted by Crippen LogP contribution is -2.52. The van der Waals surface area contributed by atoms with E-state index in [1.807, 2.05) is 0 Å². The van der Waals surface area contributed by atoms with Crippen LogP contribution in [0.4, 0.5) is 0 Å². The molecule has 0 spiro atoms. The van der Waals surface area contributed by atoms with Crippen molar-refractivity contribution in [3.05, 3.63) is 0 Å². The molecule has 0 aliphatic heterocycles. The molecule has 4 rings (SSSR count). The van der Waals surface area contributed by atoms with Gasteiger partial charge in [-0.15, -0.1) is 11.6 Å². The molecule has 0 aromatic heterocycles. The predicted molar refractivity (Wildman–Crippen MR) is 57.3 cm³/mol. The molecule has 0 saturated heterocycles. The van der Waals surface area contributed by atoms with Crippen molar-refractivity contribution in [2.75, 3.05) is 5.88 Å².